The van der Waals surface area contributed by atoms with Crippen LogP contribution in [0.3, 0.4) is 0 Å². The Morgan fingerprint density at radius 2 is 1.88 bits per heavy atom. The van der Waals surface area contributed by atoms with Crippen molar-refractivity contribution in [1.82, 2.24) is 9.80 Å². The van der Waals surface area contributed by atoms with Gasteiger partial charge in [-0.1, -0.05) is 12.1 Å². The van der Waals surface area contributed by atoms with Gasteiger partial charge in [-0.15, -0.1) is 0 Å². The molecule has 0 radical (unpaired) electrons. The zero-order chi connectivity index (χ0) is 23.4. The molecular weight excluding hydrogens is 412 g/mol. The number of hydrogen-bond acceptors (Lipinski definition) is 7. The van der Waals surface area contributed by atoms with Gasteiger partial charge in [0.25, 0.3) is 11.7 Å². The summed E-state index contributed by atoms with van der Waals surface area (Å²) in [6.45, 7) is 3.14. The third-order valence-electron chi connectivity index (χ3n) is 5.27. The molecule has 0 aliphatic carbocycles. The summed E-state index contributed by atoms with van der Waals surface area (Å²) in [7, 11) is 5.20. The maximum absolute atomic E-state index is 13.0. The molecule has 0 saturated carbocycles. The molecule has 2 aromatic rings. The number of aliphatic hydroxyl groups excluding tert-OH is 1. The Balaban J connectivity index is 2.17. The highest BCUT2D eigenvalue weighted by molar-refractivity contribution is 6.46. The number of rotatable bonds is 8. The molecule has 3 rings (SSSR count). The van der Waals surface area contributed by atoms with Crippen LogP contribution in [-0.4, -0.2) is 72.6 Å². The SMILES string of the molecule is CCOc1cccc(C2/C(=C(\O)c3ccc(OC)cc3O)C(=O)C(=O)N2CCN(C)C)c1. The molecule has 8 heteroatoms. The van der Waals surface area contributed by atoms with Crippen LogP contribution in [0.2, 0.25) is 0 Å². The van der Waals surface area contributed by atoms with E-state index in [0.717, 1.165) is 0 Å². The number of aromatic hydroxyl groups is 1. The fourth-order valence-corrected chi connectivity index (χ4v) is 3.69. The maximum atomic E-state index is 13.0. The minimum absolute atomic E-state index is 0.0439. The van der Waals surface area contributed by atoms with E-state index in [2.05, 4.69) is 0 Å². The van der Waals surface area contributed by atoms with Crippen LogP contribution in [0, 0.1) is 0 Å². The molecule has 170 valence electrons. The van der Waals surface area contributed by atoms with Gasteiger partial charge in [-0.2, -0.15) is 0 Å². The second-order valence-corrected chi connectivity index (χ2v) is 7.68. The van der Waals surface area contributed by atoms with Gasteiger partial charge in [0.1, 0.15) is 23.0 Å². The molecule has 1 amide bonds. The summed E-state index contributed by atoms with van der Waals surface area (Å²) in [6, 6.07) is 10.6. The van der Waals surface area contributed by atoms with Crippen molar-refractivity contribution in [1.29, 1.82) is 0 Å². The third-order valence-corrected chi connectivity index (χ3v) is 5.27. The summed E-state index contributed by atoms with van der Waals surface area (Å²) < 4.78 is 10.7. The number of nitrogens with zero attached hydrogens (tertiary/aromatic N) is 2. The maximum Gasteiger partial charge on any atom is 0.295 e. The number of carbonyl (C=O) groups is 2. The predicted octanol–water partition coefficient (Wildman–Crippen LogP) is 2.78. The zero-order valence-corrected chi connectivity index (χ0v) is 18.7. The minimum Gasteiger partial charge on any atom is -0.507 e. The van der Waals surface area contributed by atoms with Gasteiger partial charge in [0, 0.05) is 19.2 Å². The first kappa shape index (κ1) is 23.1. The van der Waals surface area contributed by atoms with Gasteiger partial charge in [-0.05, 0) is 50.8 Å². The van der Waals surface area contributed by atoms with Crippen LogP contribution in [0.1, 0.15) is 24.1 Å². The number of carbonyl (C=O) groups excluding carboxylic acids is 2. The largest absolute Gasteiger partial charge is 0.507 e. The quantitative estimate of drug-likeness (QED) is 0.370. The first-order chi connectivity index (χ1) is 15.3. The Morgan fingerprint density at radius 1 is 1.12 bits per heavy atom. The van der Waals surface area contributed by atoms with Crippen LogP contribution in [0.25, 0.3) is 5.76 Å². The fourth-order valence-electron chi connectivity index (χ4n) is 3.69. The molecule has 0 spiro atoms. The highest BCUT2D eigenvalue weighted by Crippen LogP contribution is 2.41. The number of aliphatic hydroxyl groups is 1. The van der Waals surface area contributed by atoms with Crippen molar-refractivity contribution in [2.75, 3.05) is 40.9 Å². The van der Waals surface area contributed by atoms with E-state index < -0.39 is 23.5 Å². The van der Waals surface area contributed by atoms with Crippen molar-refractivity contribution < 1.29 is 29.3 Å². The Labute approximate surface area is 187 Å². The number of phenols is 1. The highest BCUT2D eigenvalue weighted by Gasteiger charge is 2.46. The number of methoxy groups -OCH3 is 1. The lowest BCUT2D eigenvalue weighted by atomic mass is 9.94. The fraction of sp³-hybridized carbons (Fsp3) is 0.333. The molecule has 1 aliphatic rings. The zero-order valence-electron chi connectivity index (χ0n) is 18.7. The van der Waals surface area contributed by atoms with Crippen molar-refractivity contribution in [3.05, 3.63) is 59.2 Å². The number of ether oxygens (including phenoxy) is 2. The number of ketones is 1. The Hall–Kier alpha value is -3.52. The topological polar surface area (TPSA) is 99.5 Å². The molecule has 8 nitrogen and oxygen atoms in total. The Bertz CT molecular complexity index is 1050. The van der Waals surface area contributed by atoms with E-state index in [1.54, 1.807) is 30.3 Å². The summed E-state index contributed by atoms with van der Waals surface area (Å²) in [5, 5.41) is 21.5. The molecule has 1 aliphatic heterocycles. The molecule has 0 aromatic heterocycles. The molecule has 2 N–H and O–H groups in total. The first-order valence-corrected chi connectivity index (χ1v) is 10.3. The monoisotopic (exact) mass is 440 g/mol. The lowest BCUT2D eigenvalue weighted by Crippen LogP contribution is -2.35. The summed E-state index contributed by atoms with van der Waals surface area (Å²) >= 11 is 0. The highest BCUT2D eigenvalue weighted by atomic mass is 16.5. The number of likely N-dealkylation sites (tertiary alicyclic amines) is 1. The third kappa shape index (κ3) is 4.55. The van der Waals surface area contributed by atoms with Gasteiger partial charge in [0.15, 0.2) is 0 Å². The van der Waals surface area contributed by atoms with E-state index >= 15 is 0 Å². The lowest BCUT2D eigenvalue weighted by molar-refractivity contribution is -0.140. The summed E-state index contributed by atoms with van der Waals surface area (Å²) in [6.07, 6.45) is 0. The van der Waals surface area contributed by atoms with Crippen LogP contribution in [0.15, 0.2) is 48.0 Å². The van der Waals surface area contributed by atoms with Crippen LogP contribution in [0.5, 0.6) is 17.2 Å². The average molecular weight is 440 g/mol. The number of phenolic OH excluding ortho intramolecular Hbond substituents is 1. The minimum atomic E-state index is -0.822. The molecule has 1 atom stereocenters. The molecule has 2 aromatic carbocycles. The number of Topliss-reactive ketones (excluding diaryl/α,β-unsaturated/α-hetero) is 1. The van der Waals surface area contributed by atoms with Crippen molar-refractivity contribution >= 4 is 17.4 Å². The summed E-state index contributed by atoms with van der Waals surface area (Å²) in [5.41, 5.74) is 0.591. The normalized spacial score (nSPS) is 17.8. The predicted molar refractivity (Wildman–Crippen MR) is 120 cm³/mol. The second kappa shape index (κ2) is 9.74. The van der Waals surface area contributed by atoms with Gasteiger partial charge < -0.3 is 29.5 Å². The number of amides is 1. The van der Waals surface area contributed by atoms with Crippen LogP contribution in [0.4, 0.5) is 0 Å². The van der Waals surface area contributed by atoms with Gasteiger partial charge in [-0.3, -0.25) is 9.59 Å². The smallest absolute Gasteiger partial charge is 0.295 e. The van der Waals surface area contributed by atoms with Crippen LogP contribution in [-0.2, 0) is 9.59 Å². The average Bonchev–Trinajstić information content (AvgIpc) is 3.02. The Morgan fingerprint density at radius 3 is 2.50 bits per heavy atom. The number of benzene rings is 2. The van der Waals surface area contributed by atoms with E-state index in [9.17, 15) is 19.8 Å². The summed E-state index contributed by atoms with van der Waals surface area (Å²) in [4.78, 5) is 29.3. The molecule has 32 heavy (non-hydrogen) atoms. The van der Waals surface area contributed by atoms with Crippen molar-refractivity contribution in [3.8, 4) is 17.2 Å². The lowest BCUT2D eigenvalue weighted by Gasteiger charge is -2.27. The van der Waals surface area contributed by atoms with Crippen LogP contribution < -0.4 is 9.47 Å². The summed E-state index contributed by atoms with van der Waals surface area (Å²) in [5.74, 6) is -1.22. The first-order valence-electron chi connectivity index (χ1n) is 10.3. The van der Waals surface area contributed by atoms with Gasteiger partial charge in [0.2, 0.25) is 0 Å². The molecular formula is C24H28N2O6. The number of hydrogen-bond donors (Lipinski definition) is 2. The van der Waals surface area contributed by atoms with Gasteiger partial charge >= 0.3 is 0 Å². The Kier molecular flexibility index (Phi) is 7.05. The van der Waals surface area contributed by atoms with Gasteiger partial charge in [0.05, 0.1) is 30.9 Å². The molecule has 1 heterocycles. The molecule has 1 fully saturated rings. The van der Waals surface area contributed by atoms with Crippen molar-refractivity contribution in [2.24, 2.45) is 0 Å². The molecule has 1 unspecified atom stereocenters. The molecule has 0 bridgehead atoms. The molecule has 1 saturated heterocycles. The standard InChI is InChI=1S/C24H28N2O6/c1-5-32-17-8-6-7-15(13-17)21-20(23(29)24(30)26(21)12-11-25(2)3)22(28)18-10-9-16(31-4)14-19(18)27/h6-10,13-14,21,27-28H,5,11-12H2,1-4H3/b22-20+. The van der Waals surface area contributed by atoms with Gasteiger partial charge in [-0.25, -0.2) is 0 Å². The van der Waals surface area contributed by atoms with E-state index in [-0.39, 0.29) is 23.4 Å². The van der Waals surface area contributed by atoms with E-state index in [0.29, 0.717) is 30.2 Å². The second-order valence-electron chi connectivity index (χ2n) is 7.68. The van der Waals surface area contributed by atoms with E-state index in [1.165, 1.54) is 24.1 Å². The van der Waals surface area contributed by atoms with E-state index in [1.807, 2.05) is 25.9 Å². The number of likely N-dealkylation sites (N-methyl/N-ethyl adjacent to an activating group) is 1. The van der Waals surface area contributed by atoms with E-state index in [4.69, 9.17) is 9.47 Å². The van der Waals surface area contributed by atoms with Crippen molar-refractivity contribution in [3.63, 3.8) is 0 Å². The van der Waals surface area contributed by atoms with Crippen LogP contribution >= 0.6 is 0 Å². The van der Waals surface area contributed by atoms with Crippen molar-refractivity contribution in [2.45, 2.75) is 13.0 Å².